The number of carboxylic acid groups (broad SMARTS) is 1. The number of carboxylic acids is 1. The molecule has 0 aromatic heterocycles. The third-order valence-corrected chi connectivity index (χ3v) is 4.65. The third-order valence-electron chi connectivity index (χ3n) is 4.65. The molecule has 0 saturated heterocycles. The van der Waals surface area contributed by atoms with Crippen LogP contribution in [0, 0.1) is 0 Å². The molecule has 27 heavy (non-hydrogen) atoms. The second-order valence-corrected chi connectivity index (χ2v) is 8.22. The molecule has 0 bridgehead atoms. The molecule has 0 radical (unpaired) electrons. The van der Waals surface area contributed by atoms with E-state index >= 15 is 0 Å². The van der Waals surface area contributed by atoms with Crippen molar-refractivity contribution in [3.63, 3.8) is 0 Å². The van der Waals surface area contributed by atoms with Crippen LogP contribution in [-0.2, 0) is 14.3 Å². The maximum Gasteiger partial charge on any atom is 0.188 e. The molecule has 0 aromatic carbocycles. The third kappa shape index (κ3) is 19.5. The van der Waals surface area contributed by atoms with Gasteiger partial charge in [-0.3, -0.25) is 0 Å². The number of carbonyl (C=O) groups is 1. The summed E-state index contributed by atoms with van der Waals surface area (Å²) in [6.07, 6.45) is 15.9. The monoisotopic (exact) mass is 385 g/mol. The maximum absolute atomic E-state index is 10.7. The number of quaternary nitrogens is 1. The van der Waals surface area contributed by atoms with Crippen LogP contribution in [0.3, 0.4) is 0 Å². The van der Waals surface area contributed by atoms with Crippen molar-refractivity contribution in [2.75, 3.05) is 40.6 Å². The highest BCUT2D eigenvalue weighted by molar-refractivity contribution is 5.65. The van der Waals surface area contributed by atoms with Crippen molar-refractivity contribution in [3.05, 3.63) is 12.3 Å². The topological polar surface area (TPSA) is 58.6 Å². The van der Waals surface area contributed by atoms with Crippen molar-refractivity contribution in [1.29, 1.82) is 0 Å². The van der Waals surface area contributed by atoms with Crippen LogP contribution in [0.5, 0.6) is 0 Å². The Morgan fingerprint density at radius 2 is 1.33 bits per heavy atom. The van der Waals surface area contributed by atoms with Gasteiger partial charge < -0.3 is 23.9 Å². The molecule has 0 unspecified atom stereocenters. The largest absolute Gasteiger partial charge is 0.544 e. The maximum atomic E-state index is 10.7. The lowest BCUT2D eigenvalue weighted by Gasteiger charge is -2.30. The van der Waals surface area contributed by atoms with E-state index in [0.717, 1.165) is 6.42 Å². The molecule has 0 amide bonds. The molecule has 5 nitrogen and oxygen atoms in total. The van der Waals surface area contributed by atoms with Crippen molar-refractivity contribution < 1.29 is 23.9 Å². The molecule has 0 rings (SSSR count). The molecule has 0 heterocycles. The van der Waals surface area contributed by atoms with Crippen molar-refractivity contribution in [3.8, 4) is 0 Å². The Morgan fingerprint density at radius 3 is 1.81 bits per heavy atom. The summed E-state index contributed by atoms with van der Waals surface area (Å²) in [5.41, 5.74) is 0. The molecule has 0 spiro atoms. The smallest absolute Gasteiger partial charge is 0.188 e. The number of ether oxygens (including phenoxy) is 2. The van der Waals surface area contributed by atoms with E-state index in [1.807, 2.05) is 0 Å². The fraction of sp³-hybridized carbons (Fsp3) is 0.864. The summed E-state index contributed by atoms with van der Waals surface area (Å²) in [6.45, 7) is 7.32. The summed E-state index contributed by atoms with van der Waals surface area (Å²) in [6, 6.07) is 0. The Bertz CT molecular complexity index is 383. The van der Waals surface area contributed by atoms with Gasteiger partial charge in [-0.1, -0.05) is 84.1 Å². The quantitative estimate of drug-likeness (QED) is 0.137. The van der Waals surface area contributed by atoms with E-state index in [1.54, 1.807) is 14.1 Å². The molecule has 0 aromatic rings. The number of unbranched alkanes of at least 4 members (excludes halogenated alkanes) is 11. The van der Waals surface area contributed by atoms with Crippen LogP contribution in [0.4, 0.5) is 0 Å². The van der Waals surface area contributed by atoms with Gasteiger partial charge in [-0.2, -0.15) is 0 Å². The lowest BCUT2D eigenvalue weighted by molar-refractivity contribution is -0.881. The van der Waals surface area contributed by atoms with E-state index in [0.29, 0.717) is 18.9 Å². The Hall–Kier alpha value is -1.07. The van der Waals surface area contributed by atoms with Crippen molar-refractivity contribution in [1.82, 2.24) is 0 Å². The minimum absolute atomic E-state index is 0.0674. The molecule has 0 aliphatic rings. The molecule has 0 saturated carbocycles. The number of aliphatic carboxylic acids is 1. The number of likely N-dealkylation sites (N-methyl/N-ethyl adjacent to an activating group) is 1. The zero-order valence-corrected chi connectivity index (χ0v) is 18.1. The second-order valence-electron chi connectivity index (χ2n) is 8.22. The minimum Gasteiger partial charge on any atom is -0.544 e. The van der Waals surface area contributed by atoms with Crippen LogP contribution in [0.15, 0.2) is 12.3 Å². The van der Waals surface area contributed by atoms with Gasteiger partial charge in [0, 0.05) is 0 Å². The van der Waals surface area contributed by atoms with Gasteiger partial charge in [0.15, 0.2) is 6.79 Å². The average molecular weight is 386 g/mol. The molecule has 0 atom stereocenters. The van der Waals surface area contributed by atoms with Gasteiger partial charge >= 0.3 is 0 Å². The molecule has 0 fully saturated rings. The molecule has 5 heteroatoms. The van der Waals surface area contributed by atoms with E-state index in [-0.39, 0.29) is 17.8 Å². The van der Waals surface area contributed by atoms with E-state index in [4.69, 9.17) is 9.47 Å². The number of rotatable bonds is 20. The first-order valence-corrected chi connectivity index (χ1v) is 10.8. The summed E-state index contributed by atoms with van der Waals surface area (Å²) in [5.74, 6) is -0.535. The predicted octanol–water partition coefficient (Wildman–Crippen LogP) is 4.02. The molecular formula is C22H43NO4. The minimum atomic E-state index is -1.07. The van der Waals surface area contributed by atoms with Crippen LogP contribution in [0.25, 0.3) is 0 Å². The highest BCUT2D eigenvalue weighted by atomic mass is 16.7. The van der Waals surface area contributed by atoms with Crippen LogP contribution < -0.4 is 5.11 Å². The van der Waals surface area contributed by atoms with Gasteiger partial charge in [0.25, 0.3) is 0 Å². The number of nitrogens with zero attached hydrogens (tertiary/aromatic N) is 1. The van der Waals surface area contributed by atoms with Crippen molar-refractivity contribution in [2.24, 2.45) is 0 Å². The highest BCUT2D eigenvalue weighted by Crippen LogP contribution is 2.12. The molecule has 0 aliphatic carbocycles. The van der Waals surface area contributed by atoms with Crippen LogP contribution in [0.1, 0.15) is 84.0 Å². The normalized spacial score (nSPS) is 11.5. The highest BCUT2D eigenvalue weighted by Gasteiger charge is 2.17. The zero-order valence-electron chi connectivity index (χ0n) is 18.1. The van der Waals surface area contributed by atoms with Crippen molar-refractivity contribution in [2.45, 2.75) is 84.0 Å². The number of carbonyl (C=O) groups excluding carboxylic acids is 1. The van der Waals surface area contributed by atoms with E-state index in [9.17, 15) is 9.90 Å². The lowest BCUT2D eigenvalue weighted by Crippen LogP contribution is -2.49. The van der Waals surface area contributed by atoms with E-state index < -0.39 is 5.97 Å². The Balaban J connectivity index is 3.33. The summed E-state index contributed by atoms with van der Waals surface area (Å²) >= 11 is 0. The Kier molecular flexibility index (Phi) is 16.4. The first-order chi connectivity index (χ1) is 12.9. The fourth-order valence-corrected chi connectivity index (χ4v) is 3.16. The Labute approximate surface area is 167 Å². The van der Waals surface area contributed by atoms with Crippen LogP contribution >= 0.6 is 0 Å². The Morgan fingerprint density at radius 1 is 0.852 bits per heavy atom. The number of hydrogen-bond acceptors (Lipinski definition) is 4. The molecular weight excluding hydrogens is 342 g/mol. The fourth-order valence-electron chi connectivity index (χ4n) is 3.16. The van der Waals surface area contributed by atoms with Gasteiger partial charge in [-0.15, -0.1) is 0 Å². The molecule has 160 valence electrons. The molecule has 0 aliphatic heterocycles. The van der Waals surface area contributed by atoms with Crippen molar-refractivity contribution >= 4 is 5.97 Å². The van der Waals surface area contributed by atoms with E-state index in [1.165, 1.54) is 70.6 Å². The predicted molar refractivity (Wildman–Crippen MR) is 109 cm³/mol. The summed E-state index contributed by atoms with van der Waals surface area (Å²) in [7, 11) is 3.61. The zero-order chi connectivity index (χ0) is 20.4. The first-order valence-electron chi connectivity index (χ1n) is 10.8. The van der Waals surface area contributed by atoms with E-state index in [2.05, 4.69) is 13.5 Å². The summed E-state index contributed by atoms with van der Waals surface area (Å²) < 4.78 is 11.1. The lowest BCUT2D eigenvalue weighted by atomic mass is 10.1. The van der Waals surface area contributed by atoms with Crippen LogP contribution in [-0.4, -0.2) is 51.0 Å². The number of hydrogen-bond donors (Lipinski definition) is 0. The summed E-state index contributed by atoms with van der Waals surface area (Å²) in [5, 5.41) is 10.7. The van der Waals surface area contributed by atoms with Gasteiger partial charge in [0.2, 0.25) is 0 Å². The van der Waals surface area contributed by atoms with Gasteiger partial charge in [0.05, 0.1) is 26.7 Å². The summed E-state index contributed by atoms with van der Waals surface area (Å²) in [4.78, 5) is 10.7. The molecule has 0 N–H and O–H groups in total. The van der Waals surface area contributed by atoms with Gasteiger partial charge in [-0.25, -0.2) is 0 Å². The average Bonchev–Trinajstić information content (AvgIpc) is 2.56. The van der Waals surface area contributed by atoms with Gasteiger partial charge in [0.1, 0.15) is 18.8 Å². The second kappa shape index (κ2) is 17.1. The SMILES string of the molecule is C=C(C[N+](C)(C)CC(=O)[O-])OCOCCCCCCCCCCCCCC. The standard InChI is InChI=1S/C22H43NO4/c1-5-6-7-8-9-10-11-12-13-14-15-16-17-26-20-27-21(2)18-23(3,4)19-22(24)25/h2,5-20H2,1,3-4H3. The first kappa shape index (κ1) is 25.9. The van der Waals surface area contributed by atoms with Gasteiger partial charge in [-0.05, 0) is 6.42 Å². The van der Waals surface area contributed by atoms with Crippen LogP contribution in [0.2, 0.25) is 0 Å².